The Kier molecular flexibility index (Phi) is 5.30. The molecule has 0 unspecified atom stereocenters. The predicted molar refractivity (Wildman–Crippen MR) is 79.7 cm³/mol. The van der Waals surface area contributed by atoms with Crippen LogP contribution >= 0.6 is 0 Å². The molecular weight excluding hydrogens is 284 g/mol. The molecule has 0 saturated heterocycles. The van der Waals surface area contributed by atoms with Gasteiger partial charge >= 0.3 is 5.97 Å². The zero-order valence-electron chi connectivity index (χ0n) is 12.3. The molecule has 6 heteroatoms. The van der Waals surface area contributed by atoms with E-state index in [1.165, 1.54) is 0 Å². The van der Waals surface area contributed by atoms with Crippen molar-refractivity contribution < 1.29 is 19.2 Å². The van der Waals surface area contributed by atoms with Crippen molar-refractivity contribution in [2.45, 2.75) is 26.2 Å². The van der Waals surface area contributed by atoms with E-state index in [0.29, 0.717) is 25.1 Å². The second kappa shape index (κ2) is 7.40. The molecule has 1 aromatic heterocycles. The third kappa shape index (κ3) is 4.73. The van der Waals surface area contributed by atoms with Gasteiger partial charge in [-0.1, -0.05) is 29.4 Å². The first-order chi connectivity index (χ1) is 10.5. The van der Waals surface area contributed by atoms with E-state index >= 15 is 0 Å². The van der Waals surface area contributed by atoms with Gasteiger partial charge in [-0.05, 0) is 30.9 Å². The maximum atomic E-state index is 11.8. The summed E-state index contributed by atoms with van der Waals surface area (Å²) < 4.78 is 4.85. The van der Waals surface area contributed by atoms with Crippen LogP contribution < -0.4 is 5.32 Å². The Morgan fingerprint density at radius 3 is 2.36 bits per heavy atom. The van der Waals surface area contributed by atoms with Crippen molar-refractivity contribution in [1.82, 2.24) is 10.5 Å². The first-order valence-electron chi connectivity index (χ1n) is 7.06. The molecule has 1 heterocycles. The number of carboxylic acid groups (broad SMARTS) is 1. The zero-order valence-corrected chi connectivity index (χ0v) is 12.3. The summed E-state index contributed by atoms with van der Waals surface area (Å²) in [7, 11) is 0. The molecule has 0 aliphatic heterocycles. The number of amides is 1. The van der Waals surface area contributed by atoms with Crippen LogP contribution in [0.4, 0.5) is 0 Å². The van der Waals surface area contributed by atoms with Gasteiger partial charge in [0, 0.05) is 19.0 Å². The average molecular weight is 302 g/mol. The molecule has 0 radical (unpaired) electrons. The lowest BCUT2D eigenvalue weighted by Crippen LogP contribution is -2.25. The SMILES string of the molecule is Cc1cc(C(=O)NCCc2ccc(CCC(=O)O)cc2)no1. The van der Waals surface area contributed by atoms with E-state index in [0.717, 1.165) is 11.1 Å². The van der Waals surface area contributed by atoms with E-state index < -0.39 is 5.97 Å². The Bertz CT molecular complexity index is 646. The minimum absolute atomic E-state index is 0.131. The van der Waals surface area contributed by atoms with Gasteiger partial charge in [0.15, 0.2) is 5.69 Å². The lowest BCUT2D eigenvalue weighted by Gasteiger charge is -2.05. The fourth-order valence-corrected chi connectivity index (χ4v) is 2.01. The van der Waals surface area contributed by atoms with E-state index in [1.807, 2.05) is 24.3 Å². The summed E-state index contributed by atoms with van der Waals surface area (Å²) in [5, 5.41) is 15.1. The largest absolute Gasteiger partial charge is 0.481 e. The number of aryl methyl sites for hydroxylation is 2. The smallest absolute Gasteiger partial charge is 0.303 e. The van der Waals surface area contributed by atoms with Gasteiger partial charge in [0.2, 0.25) is 0 Å². The van der Waals surface area contributed by atoms with E-state index in [2.05, 4.69) is 10.5 Å². The number of hydrogen-bond acceptors (Lipinski definition) is 4. The van der Waals surface area contributed by atoms with Crippen LogP contribution in [0.5, 0.6) is 0 Å². The van der Waals surface area contributed by atoms with Gasteiger partial charge in [-0.3, -0.25) is 9.59 Å². The number of aromatic nitrogens is 1. The van der Waals surface area contributed by atoms with Crippen LogP contribution in [0.15, 0.2) is 34.9 Å². The van der Waals surface area contributed by atoms with Crippen molar-refractivity contribution in [3.05, 3.63) is 52.9 Å². The molecule has 6 nitrogen and oxygen atoms in total. The normalized spacial score (nSPS) is 10.4. The number of carbonyl (C=O) groups excluding carboxylic acids is 1. The first kappa shape index (κ1) is 15.8. The van der Waals surface area contributed by atoms with Crippen LogP contribution in [0, 0.1) is 6.92 Å². The highest BCUT2D eigenvalue weighted by Crippen LogP contribution is 2.07. The fourth-order valence-electron chi connectivity index (χ4n) is 2.01. The van der Waals surface area contributed by atoms with Crippen molar-refractivity contribution in [2.75, 3.05) is 6.54 Å². The lowest BCUT2D eigenvalue weighted by molar-refractivity contribution is -0.136. The van der Waals surface area contributed by atoms with Crippen LogP contribution in [0.3, 0.4) is 0 Å². The summed E-state index contributed by atoms with van der Waals surface area (Å²) in [4.78, 5) is 22.3. The molecule has 2 rings (SSSR count). The highest BCUT2D eigenvalue weighted by Gasteiger charge is 2.09. The number of benzene rings is 1. The van der Waals surface area contributed by atoms with Crippen molar-refractivity contribution in [3.8, 4) is 0 Å². The van der Waals surface area contributed by atoms with Gasteiger partial charge in [-0.25, -0.2) is 0 Å². The molecule has 0 atom stereocenters. The third-order valence-electron chi connectivity index (χ3n) is 3.21. The Morgan fingerprint density at radius 1 is 1.18 bits per heavy atom. The number of carbonyl (C=O) groups is 2. The number of aliphatic carboxylic acids is 1. The minimum atomic E-state index is -0.796. The minimum Gasteiger partial charge on any atom is -0.481 e. The summed E-state index contributed by atoms with van der Waals surface area (Å²) in [6.07, 6.45) is 1.35. The van der Waals surface area contributed by atoms with Gasteiger partial charge in [-0.15, -0.1) is 0 Å². The molecule has 22 heavy (non-hydrogen) atoms. The summed E-state index contributed by atoms with van der Waals surface area (Å²) in [5.74, 6) is -0.452. The average Bonchev–Trinajstić information content (AvgIpc) is 2.93. The summed E-state index contributed by atoms with van der Waals surface area (Å²) >= 11 is 0. The maximum absolute atomic E-state index is 11.8. The van der Waals surface area contributed by atoms with E-state index in [-0.39, 0.29) is 18.0 Å². The second-order valence-electron chi connectivity index (χ2n) is 5.04. The molecule has 1 aromatic carbocycles. The van der Waals surface area contributed by atoms with E-state index in [9.17, 15) is 9.59 Å². The van der Waals surface area contributed by atoms with Gasteiger partial charge in [0.25, 0.3) is 5.91 Å². The molecule has 0 spiro atoms. The highest BCUT2D eigenvalue weighted by atomic mass is 16.5. The first-order valence-corrected chi connectivity index (χ1v) is 7.06. The van der Waals surface area contributed by atoms with Gasteiger partial charge in [0.1, 0.15) is 5.76 Å². The standard InChI is InChI=1S/C16H18N2O4/c1-11-10-14(18-22-11)16(21)17-9-8-13-4-2-12(3-5-13)6-7-15(19)20/h2-5,10H,6-9H2,1H3,(H,17,21)(H,19,20). The molecule has 2 aromatic rings. The van der Waals surface area contributed by atoms with Crippen LogP contribution in [0.2, 0.25) is 0 Å². The predicted octanol–water partition coefficient (Wildman–Crippen LogP) is 1.97. The van der Waals surface area contributed by atoms with Crippen molar-refractivity contribution in [3.63, 3.8) is 0 Å². The number of nitrogens with one attached hydrogen (secondary N) is 1. The summed E-state index contributed by atoms with van der Waals surface area (Å²) in [6.45, 7) is 2.23. The number of hydrogen-bond donors (Lipinski definition) is 2. The molecule has 0 aliphatic carbocycles. The zero-order chi connectivity index (χ0) is 15.9. The van der Waals surface area contributed by atoms with Crippen molar-refractivity contribution >= 4 is 11.9 Å². The molecule has 1 amide bonds. The molecule has 0 fully saturated rings. The van der Waals surface area contributed by atoms with Gasteiger partial charge in [-0.2, -0.15) is 0 Å². The molecule has 0 saturated carbocycles. The molecule has 2 N–H and O–H groups in total. The quantitative estimate of drug-likeness (QED) is 0.815. The lowest BCUT2D eigenvalue weighted by atomic mass is 10.1. The Balaban J connectivity index is 1.77. The number of carboxylic acids is 1. The monoisotopic (exact) mass is 302 g/mol. The fraction of sp³-hybridized carbons (Fsp3) is 0.312. The number of nitrogens with zero attached hydrogens (tertiary/aromatic N) is 1. The molecular formula is C16H18N2O4. The second-order valence-corrected chi connectivity index (χ2v) is 5.04. The molecule has 116 valence electrons. The number of rotatable bonds is 7. The van der Waals surface area contributed by atoms with E-state index in [1.54, 1.807) is 13.0 Å². The van der Waals surface area contributed by atoms with Gasteiger partial charge < -0.3 is 14.9 Å². The van der Waals surface area contributed by atoms with Crippen molar-refractivity contribution in [2.24, 2.45) is 0 Å². The van der Waals surface area contributed by atoms with Gasteiger partial charge in [0.05, 0.1) is 0 Å². The van der Waals surface area contributed by atoms with Crippen molar-refractivity contribution in [1.29, 1.82) is 0 Å². The Labute approximate surface area is 128 Å². The Morgan fingerprint density at radius 2 is 1.82 bits per heavy atom. The highest BCUT2D eigenvalue weighted by molar-refractivity contribution is 5.92. The summed E-state index contributed by atoms with van der Waals surface area (Å²) in [6, 6.07) is 9.32. The van der Waals surface area contributed by atoms with Crippen LogP contribution in [-0.4, -0.2) is 28.7 Å². The van der Waals surface area contributed by atoms with Crippen LogP contribution in [0.1, 0.15) is 33.8 Å². The van der Waals surface area contributed by atoms with Crippen LogP contribution in [0.25, 0.3) is 0 Å². The van der Waals surface area contributed by atoms with Crippen LogP contribution in [-0.2, 0) is 17.6 Å². The summed E-state index contributed by atoms with van der Waals surface area (Å²) in [5.41, 5.74) is 2.35. The topological polar surface area (TPSA) is 92.4 Å². The Hall–Kier alpha value is -2.63. The molecule has 0 bridgehead atoms. The van der Waals surface area contributed by atoms with E-state index in [4.69, 9.17) is 9.63 Å². The molecule has 0 aliphatic rings. The maximum Gasteiger partial charge on any atom is 0.303 e. The third-order valence-corrected chi connectivity index (χ3v) is 3.21.